The quantitative estimate of drug-likeness (QED) is 0.368. The van der Waals surface area contributed by atoms with E-state index in [1.54, 1.807) is 0 Å². The van der Waals surface area contributed by atoms with Crippen LogP contribution in [0, 0.1) is 0 Å². The number of halogens is 3. The van der Waals surface area contributed by atoms with Gasteiger partial charge >= 0.3 is 42.8 Å². The van der Waals surface area contributed by atoms with Crippen LogP contribution in [0.15, 0.2) is 0 Å². The Bertz CT molecular complexity index is 63.4. The van der Waals surface area contributed by atoms with E-state index in [1.807, 2.05) is 0 Å². The van der Waals surface area contributed by atoms with Crippen LogP contribution in [-0.2, 0) is 15.2 Å². The molecule has 0 fully saturated rings. The van der Waals surface area contributed by atoms with E-state index in [-0.39, 0.29) is 35.1 Å². The normalized spacial score (nSPS) is 7.50. The number of aliphatic hydroxyl groups excluding tert-OH is 3. The molecule has 7 nitrogen and oxygen atoms in total. The van der Waals surface area contributed by atoms with Crippen molar-refractivity contribution in [3.8, 4) is 0 Å². The fourth-order valence-electron chi connectivity index (χ4n) is 0.0577. The van der Waals surface area contributed by atoms with Gasteiger partial charge in [0.05, 0.1) is 13.2 Å². The van der Waals surface area contributed by atoms with E-state index in [4.69, 9.17) is 42.9 Å². The van der Waals surface area contributed by atoms with Gasteiger partial charge in [-0.15, -0.1) is 0 Å². The Kier molecular flexibility index (Phi) is 75.6. The molecular weight excluding hydrogens is 451 g/mol. The van der Waals surface area contributed by atoms with Gasteiger partial charge in [-0.25, -0.2) is 0 Å². The molecule has 102 valence electrons. The van der Waals surface area contributed by atoms with Crippen LogP contribution < -0.4 is 0 Å². The van der Waals surface area contributed by atoms with Crippen LogP contribution in [-0.4, -0.2) is 56.5 Å². The molecule has 0 heterocycles. The molecule has 0 rings (SSSR count). The van der Waals surface area contributed by atoms with E-state index in [0.29, 0.717) is 0 Å². The van der Waals surface area contributed by atoms with Gasteiger partial charge in [-0.05, 0) is 0 Å². The molecule has 0 aliphatic heterocycles. The summed E-state index contributed by atoms with van der Waals surface area (Å²) in [4.78, 5) is 0. The number of hydrogen-bond acceptors (Lipinski definition) is 3. The van der Waals surface area contributed by atoms with Gasteiger partial charge in [0, 0.05) is 0 Å². The standard InChI is InChI=1S/C3H8O3.Au.3ClH.4H2O/c4-1-3(6)2-5;;;;;;;;/h3-6H,1-2H2;;3*1H;4*1H2/q;+3;;;;;;;/p-3. The van der Waals surface area contributed by atoms with Crippen molar-refractivity contribution in [2.24, 2.45) is 0 Å². The monoisotopic (exact) mass is 466 g/mol. The second kappa shape index (κ2) is 29.3. The Morgan fingerprint density at radius 3 is 1.00 bits per heavy atom. The van der Waals surface area contributed by atoms with Crippen molar-refractivity contribution in [3.05, 3.63) is 0 Å². The summed E-state index contributed by atoms with van der Waals surface area (Å²) in [6, 6.07) is 0. The van der Waals surface area contributed by atoms with Crippen LogP contribution in [0.25, 0.3) is 0 Å². The molecule has 0 aromatic rings. The van der Waals surface area contributed by atoms with Crippen LogP contribution in [0.3, 0.4) is 0 Å². The van der Waals surface area contributed by atoms with E-state index in [9.17, 15) is 0 Å². The van der Waals surface area contributed by atoms with E-state index >= 15 is 0 Å². The molecule has 0 aliphatic carbocycles. The molecular formula is C3H16AuCl3O7. The van der Waals surface area contributed by atoms with Gasteiger partial charge in [-0.3, -0.25) is 0 Å². The molecule has 11 N–H and O–H groups in total. The summed E-state index contributed by atoms with van der Waals surface area (Å²) >= 11 is -1.79. The molecule has 0 atom stereocenters. The molecule has 0 radical (unpaired) electrons. The zero-order chi connectivity index (χ0) is 8.57. The second-order valence-electron chi connectivity index (χ2n) is 1.15. The molecule has 0 bridgehead atoms. The van der Waals surface area contributed by atoms with E-state index in [2.05, 4.69) is 0 Å². The Balaban J connectivity index is -0.0000000185. The van der Waals surface area contributed by atoms with Crippen molar-refractivity contribution < 1.29 is 52.4 Å². The molecule has 0 saturated heterocycles. The van der Waals surface area contributed by atoms with Crippen LogP contribution >= 0.6 is 27.6 Å². The van der Waals surface area contributed by atoms with Gasteiger partial charge in [0.25, 0.3) is 0 Å². The molecule has 0 spiro atoms. The first-order valence-corrected chi connectivity index (χ1v) is 10.1. The van der Waals surface area contributed by atoms with Crippen molar-refractivity contribution in [1.82, 2.24) is 0 Å². The summed E-state index contributed by atoms with van der Waals surface area (Å²) in [6.45, 7) is -0.729. The zero-order valence-corrected chi connectivity index (χ0v) is 11.2. The fraction of sp³-hybridized carbons (Fsp3) is 1.00. The van der Waals surface area contributed by atoms with Crippen LogP contribution in [0.5, 0.6) is 0 Å². The average molecular weight is 467 g/mol. The van der Waals surface area contributed by atoms with Gasteiger partial charge in [0.15, 0.2) is 0 Å². The summed E-state index contributed by atoms with van der Waals surface area (Å²) < 4.78 is 0. The third-order valence-corrected chi connectivity index (χ3v) is 0.421. The molecule has 0 unspecified atom stereocenters. The summed E-state index contributed by atoms with van der Waals surface area (Å²) in [5.74, 6) is 0. The minimum atomic E-state index is -1.79. The first kappa shape index (κ1) is 36.2. The van der Waals surface area contributed by atoms with Gasteiger partial charge in [0.1, 0.15) is 6.10 Å². The molecule has 0 aliphatic rings. The Morgan fingerprint density at radius 2 is 1.00 bits per heavy atom. The van der Waals surface area contributed by atoms with Gasteiger partial charge in [-0.2, -0.15) is 0 Å². The first-order chi connectivity index (χ1) is 4.54. The topological polar surface area (TPSA) is 187 Å². The zero-order valence-electron chi connectivity index (χ0n) is 6.77. The van der Waals surface area contributed by atoms with Crippen molar-refractivity contribution in [1.29, 1.82) is 0 Å². The predicted molar refractivity (Wildman–Crippen MR) is 52.2 cm³/mol. The maximum atomic E-state index is 8.17. The van der Waals surface area contributed by atoms with E-state index in [1.165, 1.54) is 0 Å². The maximum absolute atomic E-state index is 8.17. The van der Waals surface area contributed by atoms with Crippen molar-refractivity contribution in [3.63, 3.8) is 0 Å². The van der Waals surface area contributed by atoms with Crippen molar-refractivity contribution in [2.75, 3.05) is 13.2 Å². The summed E-state index contributed by atoms with van der Waals surface area (Å²) in [5, 5.41) is 24.0. The van der Waals surface area contributed by atoms with Gasteiger partial charge < -0.3 is 37.2 Å². The Morgan fingerprint density at radius 1 is 0.857 bits per heavy atom. The van der Waals surface area contributed by atoms with E-state index in [0.717, 1.165) is 0 Å². The summed E-state index contributed by atoms with van der Waals surface area (Å²) in [7, 11) is 14.9. The third kappa shape index (κ3) is 71.3. The van der Waals surface area contributed by atoms with Crippen molar-refractivity contribution >= 4 is 27.6 Å². The number of hydrogen-bond donors (Lipinski definition) is 3. The minimum absolute atomic E-state index is 0. The second-order valence-corrected chi connectivity index (χ2v) is 10.5. The Labute approximate surface area is 99.0 Å². The van der Waals surface area contributed by atoms with Gasteiger partial charge in [-0.1, -0.05) is 0 Å². The van der Waals surface area contributed by atoms with Crippen LogP contribution in [0.1, 0.15) is 0 Å². The predicted octanol–water partition coefficient (Wildman–Crippen LogP) is -2.90. The molecule has 11 heteroatoms. The summed E-state index contributed by atoms with van der Waals surface area (Å²) in [5.41, 5.74) is 0. The molecule has 14 heavy (non-hydrogen) atoms. The summed E-state index contributed by atoms with van der Waals surface area (Å²) in [6.07, 6.45) is -0.954. The number of rotatable bonds is 2. The number of aliphatic hydroxyl groups is 3. The molecule has 0 aromatic carbocycles. The SMILES string of the molecule is O.O.O.O.OCC(O)CO.[Cl][Au]([Cl])[Cl]. The van der Waals surface area contributed by atoms with Crippen molar-refractivity contribution in [2.45, 2.75) is 6.10 Å². The van der Waals surface area contributed by atoms with Gasteiger partial charge in [0.2, 0.25) is 0 Å². The van der Waals surface area contributed by atoms with Crippen LogP contribution in [0.2, 0.25) is 0 Å². The molecule has 0 saturated carbocycles. The van der Waals surface area contributed by atoms with E-state index < -0.39 is 21.3 Å². The fourth-order valence-corrected chi connectivity index (χ4v) is 0.0577. The molecule has 0 amide bonds. The van der Waals surface area contributed by atoms with Crippen LogP contribution in [0.4, 0.5) is 0 Å². The molecule has 0 aromatic heterocycles. The Hall–Kier alpha value is 1.33. The average Bonchev–Trinajstić information content (AvgIpc) is 1.85. The first-order valence-electron chi connectivity index (χ1n) is 2.05. The third-order valence-electron chi connectivity index (χ3n) is 0.421.